The molecular weight excluding hydrogens is 382 g/mol. The standard InChI is InChI=1S/C22H23N5O3/c1-16-10-12-25(13-11-16)19-4-2-18(3-5-19)24-22(28)17-14-23-26(15-17)20-6-8-21(9-7-20)27(29)30/h2-9,14-16H,10-13H2,1H3,(H,24,28). The van der Waals surface area contributed by atoms with Crippen molar-refractivity contribution in [3.05, 3.63) is 76.6 Å². The van der Waals surface area contributed by atoms with Crippen LogP contribution in [0.1, 0.15) is 30.1 Å². The molecule has 1 aliphatic heterocycles. The lowest BCUT2D eigenvalue weighted by Gasteiger charge is -2.32. The fourth-order valence-electron chi connectivity index (χ4n) is 3.53. The van der Waals surface area contributed by atoms with Gasteiger partial charge in [0.25, 0.3) is 11.6 Å². The van der Waals surface area contributed by atoms with Crippen LogP contribution in [0.5, 0.6) is 0 Å². The van der Waals surface area contributed by atoms with Crippen LogP contribution in [0, 0.1) is 16.0 Å². The van der Waals surface area contributed by atoms with E-state index >= 15 is 0 Å². The molecule has 0 unspecified atom stereocenters. The smallest absolute Gasteiger partial charge is 0.269 e. The van der Waals surface area contributed by atoms with Crippen LogP contribution in [0.25, 0.3) is 5.69 Å². The van der Waals surface area contributed by atoms with Gasteiger partial charge in [0.15, 0.2) is 0 Å². The van der Waals surface area contributed by atoms with Crippen molar-refractivity contribution in [2.75, 3.05) is 23.3 Å². The second kappa shape index (κ2) is 8.36. The number of aromatic nitrogens is 2. The van der Waals surface area contributed by atoms with Gasteiger partial charge in [-0.25, -0.2) is 4.68 Å². The SMILES string of the molecule is CC1CCN(c2ccc(NC(=O)c3cnn(-c4ccc([N+](=O)[O-])cc4)c3)cc2)CC1. The maximum atomic E-state index is 12.6. The van der Waals surface area contributed by atoms with Crippen LogP contribution in [0.4, 0.5) is 17.1 Å². The number of rotatable bonds is 5. The number of amides is 1. The highest BCUT2D eigenvalue weighted by Gasteiger charge is 2.16. The molecule has 2 heterocycles. The lowest BCUT2D eigenvalue weighted by molar-refractivity contribution is -0.384. The molecule has 154 valence electrons. The van der Waals surface area contributed by atoms with Gasteiger partial charge >= 0.3 is 0 Å². The van der Waals surface area contributed by atoms with Gasteiger partial charge < -0.3 is 10.2 Å². The minimum absolute atomic E-state index is 0.00591. The second-order valence-corrected chi connectivity index (χ2v) is 7.62. The molecule has 1 aliphatic rings. The molecule has 0 atom stereocenters. The number of non-ortho nitro benzene ring substituents is 1. The number of nitrogens with zero attached hydrogens (tertiary/aromatic N) is 4. The Bertz CT molecular complexity index is 1040. The van der Waals surface area contributed by atoms with E-state index in [1.165, 1.54) is 41.5 Å². The van der Waals surface area contributed by atoms with Crippen LogP contribution in [0.2, 0.25) is 0 Å². The summed E-state index contributed by atoms with van der Waals surface area (Å²) in [5.74, 6) is 0.523. The predicted molar refractivity (Wildman–Crippen MR) is 115 cm³/mol. The molecule has 1 N–H and O–H groups in total. The summed E-state index contributed by atoms with van der Waals surface area (Å²) in [5, 5.41) is 17.8. The van der Waals surface area contributed by atoms with Crippen LogP contribution in [-0.2, 0) is 0 Å². The van der Waals surface area contributed by atoms with Gasteiger partial charge in [0.05, 0.1) is 22.4 Å². The van der Waals surface area contributed by atoms with Gasteiger partial charge in [-0.1, -0.05) is 6.92 Å². The number of anilines is 2. The van der Waals surface area contributed by atoms with E-state index in [1.54, 1.807) is 18.3 Å². The molecule has 0 aliphatic carbocycles. The van der Waals surface area contributed by atoms with Crippen molar-refractivity contribution in [3.8, 4) is 5.69 Å². The van der Waals surface area contributed by atoms with E-state index in [4.69, 9.17) is 0 Å². The molecule has 0 bridgehead atoms. The van der Waals surface area contributed by atoms with Gasteiger partial charge in [-0.3, -0.25) is 14.9 Å². The Morgan fingerprint density at radius 3 is 2.33 bits per heavy atom. The fourth-order valence-corrected chi connectivity index (χ4v) is 3.53. The van der Waals surface area contributed by atoms with Crippen LogP contribution < -0.4 is 10.2 Å². The zero-order valence-electron chi connectivity index (χ0n) is 16.7. The number of nitro benzene ring substituents is 1. The molecule has 1 amide bonds. The molecule has 3 aromatic rings. The maximum absolute atomic E-state index is 12.6. The van der Waals surface area contributed by atoms with Crippen molar-refractivity contribution in [3.63, 3.8) is 0 Å². The van der Waals surface area contributed by atoms with Crippen LogP contribution in [0.15, 0.2) is 60.9 Å². The molecule has 8 heteroatoms. The lowest BCUT2D eigenvalue weighted by atomic mass is 9.99. The van der Waals surface area contributed by atoms with Gasteiger partial charge in [-0.05, 0) is 55.2 Å². The number of carbonyl (C=O) groups excluding carboxylic acids is 1. The van der Waals surface area contributed by atoms with Crippen molar-refractivity contribution in [1.82, 2.24) is 9.78 Å². The number of nitro groups is 1. The molecule has 1 saturated heterocycles. The minimum atomic E-state index is -0.456. The number of benzene rings is 2. The molecule has 2 aromatic carbocycles. The summed E-state index contributed by atoms with van der Waals surface area (Å²) in [6, 6.07) is 13.9. The quantitative estimate of drug-likeness (QED) is 0.505. The van der Waals surface area contributed by atoms with E-state index in [0.717, 1.165) is 24.7 Å². The number of hydrogen-bond acceptors (Lipinski definition) is 5. The van der Waals surface area contributed by atoms with Gasteiger partial charge in [0, 0.05) is 42.8 Å². The summed E-state index contributed by atoms with van der Waals surface area (Å²) < 4.78 is 1.51. The van der Waals surface area contributed by atoms with E-state index in [-0.39, 0.29) is 11.6 Å². The molecule has 1 aromatic heterocycles. The third-order valence-electron chi connectivity index (χ3n) is 5.44. The Labute approximate surface area is 174 Å². The summed E-state index contributed by atoms with van der Waals surface area (Å²) in [6.45, 7) is 4.42. The first-order valence-corrected chi connectivity index (χ1v) is 9.95. The third-order valence-corrected chi connectivity index (χ3v) is 5.44. The zero-order valence-corrected chi connectivity index (χ0v) is 16.7. The zero-order chi connectivity index (χ0) is 21.1. The van der Waals surface area contributed by atoms with Gasteiger partial charge in [0.2, 0.25) is 0 Å². The molecule has 4 rings (SSSR count). The van der Waals surface area contributed by atoms with E-state index in [0.29, 0.717) is 11.3 Å². The summed E-state index contributed by atoms with van der Waals surface area (Å²) >= 11 is 0. The first-order chi connectivity index (χ1) is 14.5. The molecule has 30 heavy (non-hydrogen) atoms. The van der Waals surface area contributed by atoms with E-state index in [1.807, 2.05) is 24.3 Å². The van der Waals surface area contributed by atoms with Crippen molar-refractivity contribution in [1.29, 1.82) is 0 Å². The van der Waals surface area contributed by atoms with Crippen LogP contribution in [0.3, 0.4) is 0 Å². The van der Waals surface area contributed by atoms with Gasteiger partial charge in [0.1, 0.15) is 0 Å². The summed E-state index contributed by atoms with van der Waals surface area (Å²) in [6.07, 6.45) is 5.48. The normalized spacial score (nSPS) is 14.5. The first-order valence-electron chi connectivity index (χ1n) is 9.95. The number of nitrogens with one attached hydrogen (secondary N) is 1. The van der Waals surface area contributed by atoms with Crippen molar-refractivity contribution >= 4 is 23.0 Å². The van der Waals surface area contributed by atoms with Crippen molar-refractivity contribution in [2.24, 2.45) is 5.92 Å². The Kier molecular flexibility index (Phi) is 5.47. The summed E-state index contributed by atoms with van der Waals surface area (Å²) in [5.41, 5.74) is 2.94. The Morgan fingerprint density at radius 1 is 1.07 bits per heavy atom. The fraction of sp³-hybridized carbons (Fsp3) is 0.273. The Hall–Kier alpha value is -3.68. The highest BCUT2D eigenvalue weighted by atomic mass is 16.6. The molecule has 1 fully saturated rings. The van der Waals surface area contributed by atoms with Crippen molar-refractivity contribution in [2.45, 2.75) is 19.8 Å². The first kappa shape index (κ1) is 19.6. The number of carbonyl (C=O) groups is 1. The average molecular weight is 405 g/mol. The summed E-state index contributed by atoms with van der Waals surface area (Å²) in [4.78, 5) is 25.2. The Balaban J connectivity index is 1.40. The molecule has 0 saturated carbocycles. The highest BCUT2D eigenvalue weighted by molar-refractivity contribution is 6.04. The topological polar surface area (TPSA) is 93.3 Å². The van der Waals surface area contributed by atoms with E-state index in [9.17, 15) is 14.9 Å². The van der Waals surface area contributed by atoms with E-state index < -0.39 is 4.92 Å². The lowest BCUT2D eigenvalue weighted by Crippen LogP contribution is -2.32. The maximum Gasteiger partial charge on any atom is 0.269 e. The third kappa shape index (κ3) is 4.32. The molecule has 8 nitrogen and oxygen atoms in total. The van der Waals surface area contributed by atoms with E-state index in [2.05, 4.69) is 22.2 Å². The number of piperidine rings is 1. The van der Waals surface area contributed by atoms with Crippen LogP contribution in [-0.4, -0.2) is 33.7 Å². The second-order valence-electron chi connectivity index (χ2n) is 7.62. The van der Waals surface area contributed by atoms with Gasteiger partial charge in [-0.15, -0.1) is 0 Å². The predicted octanol–water partition coefficient (Wildman–Crippen LogP) is 4.27. The van der Waals surface area contributed by atoms with Gasteiger partial charge in [-0.2, -0.15) is 5.10 Å². The average Bonchev–Trinajstić information content (AvgIpc) is 3.25. The minimum Gasteiger partial charge on any atom is -0.372 e. The Morgan fingerprint density at radius 2 is 1.70 bits per heavy atom. The van der Waals surface area contributed by atoms with Crippen molar-refractivity contribution < 1.29 is 9.72 Å². The molecule has 0 spiro atoms. The monoisotopic (exact) mass is 405 g/mol. The largest absolute Gasteiger partial charge is 0.372 e. The van der Waals surface area contributed by atoms with Crippen LogP contribution >= 0.6 is 0 Å². The molecular formula is C22H23N5O3. The highest BCUT2D eigenvalue weighted by Crippen LogP contribution is 2.24. The molecule has 0 radical (unpaired) electrons. The number of hydrogen-bond donors (Lipinski definition) is 1. The summed E-state index contributed by atoms with van der Waals surface area (Å²) in [7, 11) is 0.